The minimum Gasteiger partial charge on any atom is -0.506 e. The predicted molar refractivity (Wildman–Crippen MR) is 262 cm³/mol. The molecule has 4 aromatic carbocycles. The molecule has 0 aliphatic rings. The summed E-state index contributed by atoms with van der Waals surface area (Å²) in [6.45, 7) is 2.72. The highest BCUT2D eigenvalue weighted by Crippen LogP contribution is 2.50. The van der Waals surface area contributed by atoms with Crippen LogP contribution in [0, 0.1) is 0 Å². The summed E-state index contributed by atoms with van der Waals surface area (Å²) in [6, 6.07) is 7.84. The van der Waals surface area contributed by atoms with Crippen LogP contribution in [0.1, 0.15) is 97.3 Å². The van der Waals surface area contributed by atoms with Gasteiger partial charge in [-0.3, -0.25) is 23.5 Å². The van der Waals surface area contributed by atoms with Crippen LogP contribution in [-0.4, -0.2) is 98.8 Å². The van der Waals surface area contributed by atoms with Gasteiger partial charge in [-0.15, -0.1) is 5.11 Å². The van der Waals surface area contributed by atoms with Crippen molar-refractivity contribution in [2.24, 2.45) is 10.2 Å². The molecular weight excluding hydrogens is 1110 g/mol. The van der Waals surface area contributed by atoms with E-state index in [4.69, 9.17) is 8.92 Å². The summed E-state index contributed by atoms with van der Waals surface area (Å²) in [5, 5.41) is 33.9. The third-order valence-electron chi connectivity index (χ3n) is 11.1. The SMILES string of the molecule is CCCCCCCCCCCCCC(=O)Nc1cc(O)c(NC(=O)C(F)(F)C(F)(F)C(F)(F)C(F)F)cc1OS(=O)(=O)CCCOc1ccc(N=Nc2c(S(=O)(=O)O)cc3cc(S(=O)(=O)O)cc(NC(C)=O)c3c2O)cc1. The summed E-state index contributed by atoms with van der Waals surface area (Å²) in [5.74, 6) is -29.5. The number of fused-ring (bicyclic) bond motifs is 1. The number of nitrogens with zero attached hydrogens (tertiary/aromatic N) is 2. The van der Waals surface area contributed by atoms with Crippen molar-refractivity contribution in [2.45, 2.75) is 131 Å². The molecule has 426 valence electrons. The minimum atomic E-state index is -7.00. The van der Waals surface area contributed by atoms with Gasteiger partial charge in [0.2, 0.25) is 11.8 Å². The number of phenolic OH excluding ortho intramolecular Hbond substituents is 2. The van der Waals surface area contributed by atoms with Gasteiger partial charge in [0.15, 0.2) is 11.5 Å². The van der Waals surface area contributed by atoms with Crippen molar-refractivity contribution in [3.8, 4) is 23.0 Å². The maximum atomic E-state index is 14.5. The van der Waals surface area contributed by atoms with E-state index in [1.54, 1.807) is 0 Å². The molecule has 0 spiro atoms. The highest BCUT2D eigenvalue weighted by molar-refractivity contribution is 7.87. The number of ether oxygens (including phenoxy) is 1. The third-order valence-corrected chi connectivity index (χ3v) is 14.1. The van der Waals surface area contributed by atoms with E-state index in [-0.39, 0.29) is 29.3 Å². The first-order valence-corrected chi connectivity index (χ1v) is 27.7. The topological polar surface area (TPSA) is 314 Å². The second-order valence-corrected chi connectivity index (χ2v) is 21.7. The van der Waals surface area contributed by atoms with Gasteiger partial charge < -0.3 is 35.1 Å². The molecular formula is C46H53F8N5O15S3. The van der Waals surface area contributed by atoms with Crippen LogP contribution in [0.25, 0.3) is 10.8 Å². The van der Waals surface area contributed by atoms with Gasteiger partial charge in [-0.1, -0.05) is 71.1 Å². The average Bonchev–Trinajstić information content (AvgIpc) is 3.32. The number of benzene rings is 4. The molecule has 20 nitrogen and oxygen atoms in total. The number of carbonyl (C=O) groups excluding carboxylic acids is 3. The maximum Gasteiger partial charge on any atom is 0.393 e. The average molecular weight is 1160 g/mol. The molecule has 4 rings (SSSR count). The van der Waals surface area contributed by atoms with Crippen LogP contribution >= 0.6 is 0 Å². The number of nitrogens with one attached hydrogen (secondary N) is 3. The van der Waals surface area contributed by atoms with Crippen molar-refractivity contribution in [3.63, 3.8) is 0 Å². The third kappa shape index (κ3) is 17.0. The van der Waals surface area contributed by atoms with Gasteiger partial charge in [0.05, 0.1) is 40.0 Å². The fraction of sp³-hybridized carbons (Fsp3) is 0.457. The highest BCUT2D eigenvalue weighted by atomic mass is 32.2. The molecule has 0 bridgehead atoms. The molecule has 0 heterocycles. The predicted octanol–water partition coefficient (Wildman–Crippen LogP) is 11.0. The molecule has 0 unspecified atom stereocenters. The zero-order valence-corrected chi connectivity index (χ0v) is 43.3. The Morgan fingerprint density at radius 3 is 1.82 bits per heavy atom. The van der Waals surface area contributed by atoms with Crippen LogP contribution in [0.4, 0.5) is 63.6 Å². The molecule has 7 N–H and O–H groups in total. The largest absolute Gasteiger partial charge is 0.506 e. The summed E-state index contributed by atoms with van der Waals surface area (Å²) in [7, 11) is -15.0. The molecule has 0 aliphatic carbocycles. The summed E-state index contributed by atoms with van der Waals surface area (Å²) in [5.41, 5.74) is -3.39. The van der Waals surface area contributed by atoms with Gasteiger partial charge in [-0.25, -0.2) is 8.78 Å². The fourth-order valence-corrected chi connectivity index (χ4v) is 9.37. The lowest BCUT2D eigenvalue weighted by Crippen LogP contribution is -2.61. The number of alkyl halides is 8. The second-order valence-electron chi connectivity index (χ2n) is 17.2. The summed E-state index contributed by atoms with van der Waals surface area (Å²) < 4.78 is 214. The van der Waals surface area contributed by atoms with E-state index in [1.807, 2.05) is 0 Å². The van der Waals surface area contributed by atoms with Crippen LogP contribution in [0.3, 0.4) is 0 Å². The number of anilines is 3. The zero-order chi connectivity index (χ0) is 57.7. The molecule has 0 radical (unpaired) electrons. The fourth-order valence-electron chi connectivity index (χ4n) is 7.20. The Morgan fingerprint density at radius 1 is 0.688 bits per heavy atom. The highest BCUT2D eigenvalue weighted by Gasteiger charge is 2.78. The van der Waals surface area contributed by atoms with Crippen molar-refractivity contribution in [3.05, 3.63) is 54.6 Å². The van der Waals surface area contributed by atoms with Gasteiger partial charge >= 0.3 is 40.2 Å². The maximum absolute atomic E-state index is 14.5. The Labute approximate surface area is 436 Å². The van der Waals surface area contributed by atoms with Crippen LogP contribution in [0.2, 0.25) is 0 Å². The summed E-state index contributed by atoms with van der Waals surface area (Å²) in [6.07, 6.45) is 4.40. The van der Waals surface area contributed by atoms with E-state index in [9.17, 15) is 94.1 Å². The number of aromatic hydroxyl groups is 2. The molecule has 3 amide bonds. The van der Waals surface area contributed by atoms with Crippen LogP contribution in [0.5, 0.6) is 23.0 Å². The van der Waals surface area contributed by atoms with Crippen molar-refractivity contribution >= 4 is 87.3 Å². The quantitative estimate of drug-likeness (QED) is 0.00637. The van der Waals surface area contributed by atoms with E-state index in [1.165, 1.54) is 30.7 Å². The number of phenols is 2. The number of unbranched alkanes of at least 4 members (excludes halogenated alkanes) is 10. The first kappa shape index (κ1) is 63.1. The van der Waals surface area contributed by atoms with Crippen LogP contribution in [0.15, 0.2) is 74.6 Å². The molecule has 4 aromatic rings. The Kier molecular flexibility index (Phi) is 21.5. The molecule has 0 saturated carbocycles. The van der Waals surface area contributed by atoms with Gasteiger partial charge in [0.25, 0.3) is 20.2 Å². The molecule has 0 aliphatic heterocycles. The van der Waals surface area contributed by atoms with Crippen molar-refractivity contribution in [1.82, 2.24) is 0 Å². The van der Waals surface area contributed by atoms with Gasteiger partial charge in [0, 0.05) is 30.9 Å². The van der Waals surface area contributed by atoms with E-state index in [0.717, 1.165) is 75.7 Å². The molecule has 0 fully saturated rings. The molecule has 0 saturated heterocycles. The lowest BCUT2D eigenvalue weighted by Gasteiger charge is -2.31. The summed E-state index contributed by atoms with van der Waals surface area (Å²) in [4.78, 5) is 35.2. The van der Waals surface area contributed by atoms with Crippen molar-refractivity contribution in [1.29, 1.82) is 0 Å². The van der Waals surface area contributed by atoms with Gasteiger partial charge in [-0.2, -0.15) is 56.7 Å². The normalized spacial score (nSPS) is 12.8. The molecule has 0 atom stereocenters. The number of halogens is 8. The molecule has 0 aromatic heterocycles. The minimum absolute atomic E-state index is 0.0412. The second kappa shape index (κ2) is 26.3. The smallest absolute Gasteiger partial charge is 0.393 e. The van der Waals surface area contributed by atoms with Gasteiger partial charge in [-0.05, 0) is 60.7 Å². The van der Waals surface area contributed by atoms with E-state index >= 15 is 0 Å². The summed E-state index contributed by atoms with van der Waals surface area (Å²) >= 11 is 0. The van der Waals surface area contributed by atoms with Crippen molar-refractivity contribution < 1.29 is 103 Å². The van der Waals surface area contributed by atoms with Crippen LogP contribution < -0.4 is 24.9 Å². The Balaban J connectivity index is 1.49. The van der Waals surface area contributed by atoms with E-state index in [2.05, 4.69) is 27.8 Å². The number of amides is 3. The number of hydrogen-bond acceptors (Lipinski definition) is 15. The monoisotopic (exact) mass is 1160 g/mol. The van der Waals surface area contributed by atoms with Gasteiger partial charge in [0.1, 0.15) is 22.1 Å². The number of carbonyl (C=O) groups is 3. The lowest BCUT2D eigenvalue weighted by atomic mass is 10.0. The molecule has 31 heteroatoms. The Bertz CT molecular complexity index is 3150. The van der Waals surface area contributed by atoms with E-state index < -0.39 is 146 Å². The number of hydrogen-bond donors (Lipinski definition) is 7. The Hall–Kier alpha value is -6.44. The molecule has 77 heavy (non-hydrogen) atoms. The van der Waals surface area contributed by atoms with Crippen LogP contribution in [-0.2, 0) is 44.7 Å². The van der Waals surface area contributed by atoms with E-state index in [0.29, 0.717) is 25.0 Å². The first-order valence-electron chi connectivity index (χ1n) is 23.3. The standard InChI is InChI=1S/C46H53F8N5O15S3/c1-3-4-5-6-7-8-9-10-11-12-13-15-38(62)56-33-25-35(61)32(57-43(64)45(51,52)46(53,54)44(49,50)42(47)48)26-36(33)74-75(65,66)21-14-20-73-30-18-16-29(17-19-30)58-59-40-37(77(70,71)72)23-28-22-31(76(67,68)69)24-34(55-27(2)60)39(28)41(40)63/h16-19,22-26,42,61,63H,3-15,20-21H2,1-2H3,(H,55,60)(H,56,62)(H,57,64)(H,67,68,69)(H,70,71,72). The first-order chi connectivity index (χ1) is 35.7. The Morgan fingerprint density at radius 2 is 1.27 bits per heavy atom. The van der Waals surface area contributed by atoms with Crippen molar-refractivity contribution in [2.75, 3.05) is 28.3 Å². The lowest BCUT2D eigenvalue weighted by molar-refractivity contribution is -0.326. The number of azo groups is 1. The zero-order valence-electron chi connectivity index (χ0n) is 40.8. The number of rotatable bonds is 30.